The number of hydrogen-bond acceptors (Lipinski definition) is 7. The van der Waals surface area contributed by atoms with Crippen molar-refractivity contribution in [3.63, 3.8) is 0 Å². The van der Waals surface area contributed by atoms with E-state index in [0.717, 1.165) is 5.56 Å². The molecule has 2 aliphatic rings. The van der Waals surface area contributed by atoms with Crippen LogP contribution in [0.1, 0.15) is 5.56 Å². The minimum Gasteiger partial charge on any atom is -0.497 e. The third-order valence-corrected chi connectivity index (χ3v) is 7.66. The van der Waals surface area contributed by atoms with Crippen LogP contribution < -0.4 is 9.47 Å². The van der Waals surface area contributed by atoms with Gasteiger partial charge in [-0.3, -0.25) is 14.5 Å². The molecule has 1 fully saturated rings. The summed E-state index contributed by atoms with van der Waals surface area (Å²) in [5, 5.41) is 0. The lowest BCUT2D eigenvalue weighted by Crippen LogP contribution is -2.49. The van der Waals surface area contributed by atoms with E-state index in [1.807, 2.05) is 30.3 Å². The molecule has 0 N–H and O–H groups in total. The summed E-state index contributed by atoms with van der Waals surface area (Å²) in [6.45, 7) is 1.11. The highest BCUT2D eigenvalue weighted by Crippen LogP contribution is 2.31. The molecule has 2 aliphatic heterocycles. The number of nitrogens with zero attached hydrogens (tertiary/aromatic N) is 3. The third kappa shape index (κ3) is 4.44. The van der Waals surface area contributed by atoms with Crippen molar-refractivity contribution in [2.45, 2.75) is 11.4 Å². The van der Waals surface area contributed by atoms with E-state index in [9.17, 15) is 18.0 Å². The number of amides is 2. The lowest BCUT2D eigenvalue weighted by molar-refractivity contribution is -0.138. The smallest absolute Gasteiger partial charge is 0.277 e. The molecule has 9 nitrogen and oxygen atoms in total. The Morgan fingerprint density at radius 3 is 2.24 bits per heavy atom. The summed E-state index contributed by atoms with van der Waals surface area (Å²) in [4.78, 5) is 28.4. The Hall–Kier alpha value is -3.37. The van der Waals surface area contributed by atoms with E-state index >= 15 is 0 Å². The molecule has 1 saturated heterocycles. The number of methoxy groups -OCH3 is 2. The molecule has 4 rings (SSSR count). The van der Waals surface area contributed by atoms with Crippen LogP contribution in [0.25, 0.3) is 0 Å². The second kappa shape index (κ2) is 9.24. The monoisotopic (exact) mass is 471 g/mol. The van der Waals surface area contributed by atoms with Gasteiger partial charge in [0, 0.05) is 38.3 Å². The first-order chi connectivity index (χ1) is 15.8. The predicted octanol–water partition coefficient (Wildman–Crippen LogP) is 1.46. The molecule has 33 heavy (non-hydrogen) atoms. The summed E-state index contributed by atoms with van der Waals surface area (Å²) in [6.07, 6.45) is 1.33. The van der Waals surface area contributed by atoms with Crippen molar-refractivity contribution in [3.8, 4) is 11.5 Å². The van der Waals surface area contributed by atoms with E-state index in [-0.39, 0.29) is 55.2 Å². The van der Waals surface area contributed by atoms with Crippen LogP contribution in [0.5, 0.6) is 11.5 Å². The van der Waals surface area contributed by atoms with Gasteiger partial charge in [-0.25, -0.2) is 8.42 Å². The summed E-state index contributed by atoms with van der Waals surface area (Å²) in [6, 6.07) is 13.9. The predicted molar refractivity (Wildman–Crippen MR) is 120 cm³/mol. The number of sulfonamides is 1. The average molecular weight is 472 g/mol. The Labute approximate surface area is 192 Å². The molecule has 2 aromatic rings. The van der Waals surface area contributed by atoms with Crippen LogP contribution in [-0.4, -0.2) is 74.7 Å². The molecule has 0 saturated carbocycles. The Bertz CT molecular complexity index is 1190. The lowest BCUT2D eigenvalue weighted by atomic mass is 10.2. The molecule has 0 bridgehead atoms. The highest BCUT2D eigenvalue weighted by molar-refractivity contribution is 7.89. The molecule has 0 aliphatic carbocycles. The summed E-state index contributed by atoms with van der Waals surface area (Å²) in [5.41, 5.74) is 1.16. The Balaban J connectivity index is 1.45. The van der Waals surface area contributed by atoms with Gasteiger partial charge in [0.1, 0.15) is 22.1 Å². The van der Waals surface area contributed by atoms with Gasteiger partial charge in [-0.15, -0.1) is 0 Å². The average Bonchev–Trinajstić information content (AvgIpc) is 3.12. The normalized spacial score (nSPS) is 17.3. The summed E-state index contributed by atoms with van der Waals surface area (Å²) >= 11 is 0. The van der Waals surface area contributed by atoms with Gasteiger partial charge in [-0.1, -0.05) is 30.3 Å². The van der Waals surface area contributed by atoms with E-state index < -0.39 is 10.0 Å². The van der Waals surface area contributed by atoms with Crippen molar-refractivity contribution in [3.05, 3.63) is 65.9 Å². The number of imide groups is 1. The van der Waals surface area contributed by atoms with Crippen molar-refractivity contribution in [2.75, 3.05) is 40.4 Å². The number of carbonyl (C=O) groups excluding carboxylic acids is 2. The van der Waals surface area contributed by atoms with Gasteiger partial charge in [0.2, 0.25) is 10.0 Å². The molecule has 2 amide bonds. The highest BCUT2D eigenvalue weighted by atomic mass is 32.2. The fourth-order valence-electron chi connectivity index (χ4n) is 3.93. The van der Waals surface area contributed by atoms with Gasteiger partial charge in [0.25, 0.3) is 11.8 Å². The van der Waals surface area contributed by atoms with E-state index in [1.165, 1.54) is 35.6 Å². The molecule has 0 aromatic heterocycles. The van der Waals surface area contributed by atoms with Crippen LogP contribution in [0.3, 0.4) is 0 Å². The standard InChI is InChI=1S/C23H25N3O6S/c1-31-18-8-9-20(32-2)21(14-18)33(29,30)25-12-10-24(11-13-25)19-15-22(27)26(23(19)28)16-17-6-4-3-5-7-17/h3-9,14-15H,10-13,16H2,1-2H3. The first-order valence-electron chi connectivity index (χ1n) is 10.4. The van der Waals surface area contributed by atoms with Gasteiger partial charge in [-0.05, 0) is 17.7 Å². The molecule has 0 unspecified atom stereocenters. The number of ether oxygens (including phenoxy) is 2. The van der Waals surface area contributed by atoms with Gasteiger partial charge in [0.05, 0.1) is 20.8 Å². The number of hydrogen-bond donors (Lipinski definition) is 0. The maximum atomic E-state index is 13.3. The Morgan fingerprint density at radius 1 is 0.909 bits per heavy atom. The molecule has 2 heterocycles. The van der Waals surface area contributed by atoms with Gasteiger partial charge < -0.3 is 14.4 Å². The summed E-state index contributed by atoms with van der Waals surface area (Å²) < 4.78 is 38.3. The quantitative estimate of drug-likeness (QED) is 0.564. The van der Waals surface area contributed by atoms with Crippen LogP contribution >= 0.6 is 0 Å². The zero-order chi connectivity index (χ0) is 23.6. The topological polar surface area (TPSA) is 96.5 Å². The largest absolute Gasteiger partial charge is 0.497 e. The zero-order valence-corrected chi connectivity index (χ0v) is 19.2. The minimum atomic E-state index is -3.84. The molecular formula is C23H25N3O6S. The van der Waals surface area contributed by atoms with Crippen molar-refractivity contribution < 1.29 is 27.5 Å². The Morgan fingerprint density at radius 2 is 1.61 bits per heavy atom. The van der Waals surface area contributed by atoms with Crippen molar-refractivity contribution in [1.82, 2.24) is 14.1 Å². The molecule has 0 spiro atoms. The molecule has 2 aromatic carbocycles. The van der Waals surface area contributed by atoms with Gasteiger partial charge in [-0.2, -0.15) is 4.31 Å². The minimum absolute atomic E-state index is 0.0261. The highest BCUT2D eigenvalue weighted by Gasteiger charge is 2.37. The maximum absolute atomic E-state index is 13.3. The van der Waals surface area contributed by atoms with Crippen molar-refractivity contribution in [2.24, 2.45) is 0 Å². The van der Waals surface area contributed by atoms with Crippen LogP contribution in [0.15, 0.2) is 65.2 Å². The molecule has 0 atom stereocenters. The van der Waals surface area contributed by atoms with E-state index in [0.29, 0.717) is 11.4 Å². The van der Waals surface area contributed by atoms with Crippen LogP contribution in [0, 0.1) is 0 Å². The molecule has 174 valence electrons. The molecular weight excluding hydrogens is 446 g/mol. The summed E-state index contributed by atoms with van der Waals surface area (Å²) in [7, 11) is -0.964. The fourth-order valence-corrected chi connectivity index (χ4v) is 5.52. The fraction of sp³-hybridized carbons (Fsp3) is 0.304. The zero-order valence-electron chi connectivity index (χ0n) is 18.4. The van der Waals surface area contributed by atoms with Crippen LogP contribution in [-0.2, 0) is 26.2 Å². The number of carbonyl (C=O) groups is 2. The second-order valence-electron chi connectivity index (χ2n) is 7.65. The van der Waals surface area contributed by atoms with Crippen LogP contribution in [0.4, 0.5) is 0 Å². The number of piperazine rings is 1. The molecule has 10 heteroatoms. The van der Waals surface area contributed by atoms with Gasteiger partial charge >= 0.3 is 0 Å². The van der Waals surface area contributed by atoms with Gasteiger partial charge in [0.15, 0.2) is 0 Å². The Kier molecular flexibility index (Phi) is 6.39. The third-order valence-electron chi connectivity index (χ3n) is 5.74. The summed E-state index contributed by atoms with van der Waals surface area (Å²) in [5.74, 6) is -0.0922. The first kappa shape index (κ1) is 22.8. The first-order valence-corrected chi connectivity index (χ1v) is 11.9. The van der Waals surface area contributed by atoms with Crippen LogP contribution in [0.2, 0.25) is 0 Å². The number of rotatable bonds is 7. The lowest BCUT2D eigenvalue weighted by Gasteiger charge is -2.35. The van der Waals surface area contributed by atoms with Crippen molar-refractivity contribution >= 4 is 21.8 Å². The molecule has 0 radical (unpaired) electrons. The second-order valence-corrected chi connectivity index (χ2v) is 9.56. The van der Waals surface area contributed by atoms with E-state index in [2.05, 4.69) is 0 Å². The maximum Gasteiger partial charge on any atom is 0.277 e. The van der Waals surface area contributed by atoms with Crippen molar-refractivity contribution in [1.29, 1.82) is 0 Å². The van der Waals surface area contributed by atoms with E-state index in [4.69, 9.17) is 9.47 Å². The number of benzene rings is 2. The SMILES string of the molecule is COc1ccc(OC)c(S(=O)(=O)N2CCN(C3=CC(=O)N(Cc4ccccc4)C3=O)CC2)c1. The van der Waals surface area contributed by atoms with E-state index in [1.54, 1.807) is 17.0 Å².